The molecule has 0 saturated heterocycles. The molecule has 21 heavy (non-hydrogen) atoms. The maximum Gasteiger partial charge on any atom is 0.124 e. The minimum atomic E-state index is -0.270. The van der Waals surface area contributed by atoms with Gasteiger partial charge in [0.25, 0.3) is 0 Å². The van der Waals surface area contributed by atoms with Crippen molar-refractivity contribution in [3.05, 3.63) is 35.1 Å². The van der Waals surface area contributed by atoms with E-state index in [4.69, 9.17) is 10.5 Å². The van der Waals surface area contributed by atoms with Crippen molar-refractivity contribution in [3.8, 4) is 11.8 Å². The molecule has 0 aromatic heterocycles. The second kappa shape index (κ2) is 8.17. The maximum atomic E-state index is 13.6. The van der Waals surface area contributed by atoms with Crippen LogP contribution in [0.2, 0.25) is 0 Å². The quantitative estimate of drug-likeness (QED) is 0.859. The zero-order chi connectivity index (χ0) is 15.1. The van der Waals surface area contributed by atoms with Crippen LogP contribution in [0.5, 0.6) is 0 Å². The van der Waals surface area contributed by atoms with Gasteiger partial charge in [-0.25, -0.2) is 4.39 Å². The van der Waals surface area contributed by atoms with Crippen LogP contribution in [0, 0.1) is 23.6 Å². The van der Waals surface area contributed by atoms with Gasteiger partial charge >= 0.3 is 0 Å². The molecule has 2 unspecified atom stereocenters. The third-order valence-electron chi connectivity index (χ3n) is 4.12. The molecule has 1 saturated carbocycles. The van der Waals surface area contributed by atoms with Gasteiger partial charge < -0.3 is 10.5 Å². The molecule has 0 bridgehead atoms. The van der Waals surface area contributed by atoms with Gasteiger partial charge in [0, 0.05) is 5.56 Å². The summed E-state index contributed by atoms with van der Waals surface area (Å²) < 4.78 is 19.7. The number of nitrogens with two attached hydrogens (primary N) is 1. The van der Waals surface area contributed by atoms with Crippen molar-refractivity contribution in [2.24, 2.45) is 11.7 Å². The van der Waals surface area contributed by atoms with Gasteiger partial charge in [-0.05, 0) is 42.5 Å². The molecular weight excluding hydrogens is 265 g/mol. The van der Waals surface area contributed by atoms with Crippen molar-refractivity contribution in [1.29, 1.82) is 0 Å². The van der Waals surface area contributed by atoms with E-state index in [9.17, 15) is 4.39 Å². The molecule has 1 fully saturated rings. The summed E-state index contributed by atoms with van der Waals surface area (Å²) in [5.74, 6) is 6.00. The molecule has 2 N–H and O–H groups in total. The number of rotatable bonds is 4. The minimum Gasteiger partial charge on any atom is -0.373 e. The fourth-order valence-corrected chi connectivity index (χ4v) is 3.02. The maximum absolute atomic E-state index is 13.6. The van der Waals surface area contributed by atoms with Crippen LogP contribution >= 0.6 is 0 Å². The number of hydrogen-bond donors (Lipinski definition) is 1. The Labute approximate surface area is 126 Å². The molecule has 1 aliphatic carbocycles. The Kier molecular flexibility index (Phi) is 6.22. The lowest BCUT2D eigenvalue weighted by atomic mass is 9.85. The summed E-state index contributed by atoms with van der Waals surface area (Å²) >= 11 is 0. The van der Waals surface area contributed by atoms with Gasteiger partial charge in [-0.3, -0.25) is 0 Å². The van der Waals surface area contributed by atoms with Crippen LogP contribution < -0.4 is 5.73 Å². The molecule has 0 aliphatic heterocycles. The molecule has 1 aromatic rings. The van der Waals surface area contributed by atoms with Crippen LogP contribution in [0.3, 0.4) is 0 Å². The second-order valence-corrected chi connectivity index (χ2v) is 5.66. The van der Waals surface area contributed by atoms with Gasteiger partial charge in [-0.1, -0.05) is 38.0 Å². The van der Waals surface area contributed by atoms with Gasteiger partial charge in [-0.15, -0.1) is 0 Å². The Morgan fingerprint density at radius 3 is 2.86 bits per heavy atom. The summed E-state index contributed by atoms with van der Waals surface area (Å²) in [6, 6.07) is 4.84. The van der Waals surface area contributed by atoms with E-state index >= 15 is 0 Å². The van der Waals surface area contributed by atoms with Crippen LogP contribution in [0.25, 0.3) is 0 Å². The Balaban J connectivity index is 2.00. The lowest BCUT2D eigenvalue weighted by Gasteiger charge is -2.30. The molecule has 3 heteroatoms. The molecule has 1 aromatic carbocycles. The van der Waals surface area contributed by atoms with E-state index in [0.717, 1.165) is 18.4 Å². The van der Waals surface area contributed by atoms with Crippen molar-refractivity contribution in [1.82, 2.24) is 0 Å². The Morgan fingerprint density at radius 1 is 1.29 bits per heavy atom. The molecular formula is C18H24FNO. The average molecular weight is 289 g/mol. The Hall–Kier alpha value is -1.37. The number of hydrogen-bond acceptors (Lipinski definition) is 2. The lowest BCUT2D eigenvalue weighted by molar-refractivity contribution is -0.0222. The first kappa shape index (κ1) is 16.0. The summed E-state index contributed by atoms with van der Waals surface area (Å²) in [5, 5.41) is 0. The van der Waals surface area contributed by atoms with Gasteiger partial charge in [0.2, 0.25) is 0 Å². The van der Waals surface area contributed by atoms with Crippen molar-refractivity contribution in [2.75, 3.05) is 6.54 Å². The molecule has 0 spiro atoms. The highest BCUT2D eigenvalue weighted by molar-refractivity contribution is 5.37. The molecule has 0 heterocycles. The summed E-state index contributed by atoms with van der Waals surface area (Å²) in [5.41, 5.74) is 6.85. The summed E-state index contributed by atoms with van der Waals surface area (Å²) in [6.45, 7) is 2.95. The van der Waals surface area contributed by atoms with Gasteiger partial charge in [0.15, 0.2) is 0 Å². The number of benzene rings is 1. The van der Waals surface area contributed by atoms with Crippen LogP contribution in [0.4, 0.5) is 4.39 Å². The summed E-state index contributed by atoms with van der Waals surface area (Å²) in [6.07, 6.45) is 6.37. The van der Waals surface area contributed by atoms with E-state index in [-0.39, 0.29) is 12.4 Å². The third-order valence-corrected chi connectivity index (χ3v) is 4.12. The van der Waals surface area contributed by atoms with Crippen LogP contribution in [-0.2, 0) is 11.3 Å². The van der Waals surface area contributed by atoms with E-state index in [1.807, 2.05) is 6.07 Å². The van der Waals surface area contributed by atoms with Gasteiger partial charge in [0.1, 0.15) is 5.82 Å². The highest BCUT2D eigenvalue weighted by atomic mass is 19.1. The molecule has 114 valence electrons. The Morgan fingerprint density at radius 2 is 2.10 bits per heavy atom. The lowest BCUT2D eigenvalue weighted by Crippen LogP contribution is -2.27. The zero-order valence-electron chi connectivity index (χ0n) is 12.7. The van der Waals surface area contributed by atoms with Crippen molar-refractivity contribution >= 4 is 0 Å². The smallest absolute Gasteiger partial charge is 0.124 e. The van der Waals surface area contributed by atoms with E-state index in [2.05, 4.69) is 18.8 Å². The monoisotopic (exact) mass is 289 g/mol. The SMILES string of the molecule is CCC1CCCCC1OCc1cc(F)cc(C#CCN)c1. The first-order chi connectivity index (χ1) is 10.2. The molecule has 0 radical (unpaired) electrons. The van der Waals surface area contributed by atoms with Crippen molar-refractivity contribution < 1.29 is 9.13 Å². The highest BCUT2D eigenvalue weighted by Crippen LogP contribution is 2.29. The van der Waals surface area contributed by atoms with Gasteiger partial charge in [-0.2, -0.15) is 0 Å². The van der Waals surface area contributed by atoms with Crippen LogP contribution in [0.15, 0.2) is 18.2 Å². The zero-order valence-corrected chi connectivity index (χ0v) is 12.7. The minimum absolute atomic E-state index is 0.270. The molecule has 0 amide bonds. The van der Waals surface area contributed by atoms with E-state index in [0.29, 0.717) is 24.2 Å². The summed E-state index contributed by atoms with van der Waals surface area (Å²) in [4.78, 5) is 0. The second-order valence-electron chi connectivity index (χ2n) is 5.66. The molecule has 2 atom stereocenters. The predicted molar refractivity (Wildman–Crippen MR) is 83.2 cm³/mol. The average Bonchev–Trinajstić information content (AvgIpc) is 2.50. The van der Waals surface area contributed by atoms with E-state index in [1.165, 1.54) is 31.4 Å². The van der Waals surface area contributed by atoms with Crippen molar-refractivity contribution in [2.45, 2.75) is 51.7 Å². The molecule has 1 aliphatic rings. The summed E-state index contributed by atoms with van der Waals surface area (Å²) in [7, 11) is 0. The normalized spacial score (nSPS) is 21.7. The first-order valence-electron chi connectivity index (χ1n) is 7.83. The van der Waals surface area contributed by atoms with Gasteiger partial charge in [0.05, 0.1) is 19.3 Å². The topological polar surface area (TPSA) is 35.2 Å². The number of ether oxygens (including phenoxy) is 1. The predicted octanol–water partition coefficient (Wildman–Crippen LogP) is 3.62. The fourth-order valence-electron chi connectivity index (χ4n) is 3.02. The van der Waals surface area contributed by atoms with Crippen LogP contribution in [-0.4, -0.2) is 12.6 Å². The first-order valence-corrected chi connectivity index (χ1v) is 7.83. The van der Waals surface area contributed by atoms with E-state index in [1.54, 1.807) is 0 Å². The standard InChI is InChI=1S/C18H24FNO/c1-2-16-7-3-4-8-18(16)21-13-15-10-14(6-5-9-20)11-17(19)12-15/h10-12,16,18H,2-4,7-9,13,20H2,1H3. The van der Waals surface area contributed by atoms with E-state index < -0.39 is 0 Å². The third kappa shape index (κ3) is 4.84. The molecule has 2 rings (SSSR count). The Bertz CT molecular complexity index is 518. The van der Waals surface area contributed by atoms with Crippen molar-refractivity contribution in [3.63, 3.8) is 0 Å². The largest absolute Gasteiger partial charge is 0.373 e. The molecule has 2 nitrogen and oxygen atoms in total. The fraction of sp³-hybridized carbons (Fsp3) is 0.556. The highest BCUT2D eigenvalue weighted by Gasteiger charge is 2.24. The number of halogens is 1. The van der Waals surface area contributed by atoms with Crippen LogP contribution in [0.1, 0.15) is 50.2 Å².